The first kappa shape index (κ1) is 15.2. The van der Waals surface area contributed by atoms with E-state index in [9.17, 15) is 9.18 Å². The van der Waals surface area contributed by atoms with Crippen LogP contribution < -0.4 is 5.32 Å². The van der Waals surface area contributed by atoms with Gasteiger partial charge in [0.05, 0.1) is 11.0 Å². The van der Waals surface area contributed by atoms with Crippen molar-refractivity contribution in [2.24, 2.45) is 0 Å². The average Bonchev–Trinajstić information content (AvgIpc) is 2.92. The second kappa shape index (κ2) is 6.60. The fraction of sp³-hybridized carbons (Fsp3) is 0.222. The van der Waals surface area contributed by atoms with E-state index in [2.05, 4.69) is 15.3 Å². The van der Waals surface area contributed by atoms with Gasteiger partial charge in [-0.2, -0.15) is 0 Å². The number of hydrogen-bond acceptors (Lipinski definition) is 2. The molecule has 4 nitrogen and oxygen atoms in total. The highest BCUT2D eigenvalue weighted by molar-refractivity contribution is 5.97. The Kier molecular flexibility index (Phi) is 4.37. The van der Waals surface area contributed by atoms with Crippen molar-refractivity contribution < 1.29 is 9.18 Å². The molecule has 3 aromatic rings. The van der Waals surface area contributed by atoms with Crippen molar-refractivity contribution >= 4 is 16.9 Å². The van der Waals surface area contributed by atoms with Gasteiger partial charge in [0.25, 0.3) is 5.91 Å². The molecule has 1 amide bonds. The molecule has 2 N–H and O–H groups in total. The van der Waals surface area contributed by atoms with Gasteiger partial charge in [0.1, 0.15) is 11.6 Å². The van der Waals surface area contributed by atoms with E-state index in [1.165, 1.54) is 12.1 Å². The van der Waals surface area contributed by atoms with Gasteiger partial charge < -0.3 is 10.3 Å². The molecule has 0 bridgehead atoms. The number of carbonyl (C=O) groups is 1. The Bertz CT molecular complexity index is 824. The molecule has 2 aromatic carbocycles. The maximum Gasteiger partial charge on any atom is 0.251 e. The first-order chi connectivity index (χ1) is 11.1. The minimum absolute atomic E-state index is 0.0988. The minimum atomic E-state index is -0.230. The zero-order chi connectivity index (χ0) is 16.2. The molecule has 0 aliphatic rings. The average molecular weight is 311 g/mol. The molecule has 1 aromatic heterocycles. The Hall–Kier alpha value is -2.69. The lowest BCUT2D eigenvalue weighted by molar-refractivity contribution is 0.0953. The molecule has 0 spiro atoms. The Balaban J connectivity index is 1.52. The number of amides is 1. The second-order valence-corrected chi connectivity index (χ2v) is 5.54. The number of aromatic amines is 1. The maximum absolute atomic E-state index is 12.8. The Morgan fingerprint density at radius 2 is 2.00 bits per heavy atom. The third-order valence-corrected chi connectivity index (χ3v) is 3.70. The number of nitrogens with zero attached hydrogens (tertiary/aromatic N) is 1. The first-order valence-corrected chi connectivity index (χ1v) is 7.61. The van der Waals surface area contributed by atoms with Gasteiger partial charge in [0, 0.05) is 12.1 Å². The molecule has 0 aliphatic carbocycles. The van der Waals surface area contributed by atoms with Crippen LogP contribution in [-0.2, 0) is 6.42 Å². The predicted molar refractivity (Wildman–Crippen MR) is 87.9 cm³/mol. The Morgan fingerprint density at radius 1 is 1.22 bits per heavy atom. The summed E-state index contributed by atoms with van der Waals surface area (Å²) in [5, 5.41) is 2.90. The van der Waals surface area contributed by atoms with Crippen molar-refractivity contribution in [1.29, 1.82) is 0 Å². The van der Waals surface area contributed by atoms with Crippen molar-refractivity contribution in [2.45, 2.75) is 19.8 Å². The van der Waals surface area contributed by atoms with E-state index in [-0.39, 0.29) is 11.7 Å². The fourth-order valence-electron chi connectivity index (χ4n) is 2.53. The number of fused-ring (bicyclic) bond motifs is 1. The van der Waals surface area contributed by atoms with Crippen molar-refractivity contribution in [2.75, 3.05) is 6.54 Å². The summed E-state index contributed by atoms with van der Waals surface area (Å²) in [7, 11) is 0. The van der Waals surface area contributed by atoms with E-state index >= 15 is 0 Å². The molecule has 0 radical (unpaired) electrons. The number of aromatic nitrogens is 2. The molecule has 5 heteroatoms. The van der Waals surface area contributed by atoms with Crippen LogP contribution in [0.4, 0.5) is 4.39 Å². The van der Waals surface area contributed by atoms with Gasteiger partial charge in [-0.05, 0) is 55.7 Å². The van der Waals surface area contributed by atoms with Gasteiger partial charge in [-0.15, -0.1) is 0 Å². The normalized spacial score (nSPS) is 10.9. The fourth-order valence-corrected chi connectivity index (χ4v) is 2.53. The van der Waals surface area contributed by atoms with Gasteiger partial charge in [-0.1, -0.05) is 12.1 Å². The van der Waals surface area contributed by atoms with Gasteiger partial charge in [0.2, 0.25) is 0 Å². The minimum Gasteiger partial charge on any atom is -0.352 e. The molecule has 0 saturated carbocycles. The van der Waals surface area contributed by atoms with Crippen molar-refractivity contribution in [3.8, 4) is 0 Å². The van der Waals surface area contributed by atoms with E-state index in [1.54, 1.807) is 18.2 Å². The van der Waals surface area contributed by atoms with Crippen LogP contribution in [0.1, 0.15) is 28.2 Å². The summed E-state index contributed by atoms with van der Waals surface area (Å²) in [5.74, 6) is 0.501. The summed E-state index contributed by atoms with van der Waals surface area (Å²) >= 11 is 0. The Labute approximate surface area is 133 Å². The van der Waals surface area contributed by atoms with Crippen LogP contribution >= 0.6 is 0 Å². The number of aryl methyl sites for hydroxylation is 2. The summed E-state index contributed by atoms with van der Waals surface area (Å²) in [6.07, 6.45) is 1.61. The van der Waals surface area contributed by atoms with Crippen LogP contribution in [0.5, 0.6) is 0 Å². The summed E-state index contributed by atoms with van der Waals surface area (Å²) in [4.78, 5) is 19.6. The molecule has 3 rings (SSSR count). The molecular weight excluding hydrogens is 293 g/mol. The zero-order valence-electron chi connectivity index (χ0n) is 12.9. The van der Waals surface area contributed by atoms with Crippen LogP contribution in [0.3, 0.4) is 0 Å². The lowest BCUT2D eigenvalue weighted by Crippen LogP contribution is -2.24. The summed E-state index contributed by atoms with van der Waals surface area (Å²) in [6, 6.07) is 11.9. The smallest absolute Gasteiger partial charge is 0.251 e. The van der Waals surface area contributed by atoms with Crippen LogP contribution in [0, 0.1) is 12.7 Å². The van der Waals surface area contributed by atoms with Gasteiger partial charge in [0.15, 0.2) is 0 Å². The van der Waals surface area contributed by atoms with E-state index in [4.69, 9.17) is 0 Å². The molecule has 0 aliphatic heterocycles. The van der Waals surface area contributed by atoms with Gasteiger partial charge in [-0.25, -0.2) is 9.37 Å². The number of H-pyrrole nitrogens is 1. The summed E-state index contributed by atoms with van der Waals surface area (Å²) in [5.41, 5.74) is 3.40. The summed E-state index contributed by atoms with van der Waals surface area (Å²) < 4.78 is 12.8. The highest BCUT2D eigenvalue weighted by Crippen LogP contribution is 2.13. The van der Waals surface area contributed by atoms with Gasteiger partial charge >= 0.3 is 0 Å². The number of nitrogens with one attached hydrogen (secondary N) is 2. The maximum atomic E-state index is 12.8. The third-order valence-electron chi connectivity index (χ3n) is 3.70. The number of imidazole rings is 1. The second-order valence-electron chi connectivity index (χ2n) is 5.54. The molecule has 0 atom stereocenters. The zero-order valence-corrected chi connectivity index (χ0v) is 12.9. The van der Waals surface area contributed by atoms with Crippen LogP contribution in [0.25, 0.3) is 11.0 Å². The molecule has 1 heterocycles. The topological polar surface area (TPSA) is 57.8 Å². The molecule has 118 valence electrons. The third kappa shape index (κ3) is 3.74. The number of halogens is 1. The highest BCUT2D eigenvalue weighted by atomic mass is 19.1. The molecular formula is C18H18FN3O. The Morgan fingerprint density at radius 3 is 2.78 bits per heavy atom. The first-order valence-electron chi connectivity index (χ1n) is 7.61. The highest BCUT2D eigenvalue weighted by Gasteiger charge is 2.07. The van der Waals surface area contributed by atoms with Crippen LogP contribution in [-0.4, -0.2) is 22.4 Å². The number of carbonyl (C=O) groups excluding carboxylic acids is 1. The van der Waals surface area contributed by atoms with E-state index in [0.717, 1.165) is 35.3 Å². The lowest BCUT2D eigenvalue weighted by Gasteiger charge is -2.05. The molecule has 23 heavy (non-hydrogen) atoms. The predicted octanol–water partition coefficient (Wildman–Crippen LogP) is 3.37. The summed E-state index contributed by atoms with van der Waals surface area (Å²) in [6.45, 7) is 2.46. The van der Waals surface area contributed by atoms with Crippen molar-refractivity contribution in [3.05, 3.63) is 65.2 Å². The lowest BCUT2D eigenvalue weighted by atomic mass is 10.1. The molecule has 0 saturated heterocycles. The van der Waals surface area contributed by atoms with Crippen molar-refractivity contribution in [1.82, 2.24) is 15.3 Å². The number of hydrogen-bond donors (Lipinski definition) is 2. The van der Waals surface area contributed by atoms with E-state index in [1.807, 2.05) is 19.1 Å². The quantitative estimate of drug-likeness (QED) is 0.710. The van der Waals surface area contributed by atoms with E-state index < -0.39 is 0 Å². The monoisotopic (exact) mass is 311 g/mol. The molecule has 0 unspecified atom stereocenters. The standard InChI is InChI=1S/C18H18FN3O/c1-12-21-16-9-6-14(11-17(16)22-12)18(23)20-10-2-3-13-4-7-15(19)8-5-13/h4-9,11H,2-3,10H2,1H3,(H,20,23)(H,21,22). The van der Waals surface area contributed by atoms with E-state index in [0.29, 0.717) is 12.1 Å². The number of benzene rings is 2. The number of rotatable bonds is 5. The van der Waals surface area contributed by atoms with Crippen LogP contribution in [0.15, 0.2) is 42.5 Å². The largest absolute Gasteiger partial charge is 0.352 e. The van der Waals surface area contributed by atoms with Crippen molar-refractivity contribution in [3.63, 3.8) is 0 Å². The molecule has 0 fully saturated rings. The SMILES string of the molecule is Cc1nc2ccc(C(=O)NCCCc3ccc(F)cc3)cc2[nH]1. The van der Waals surface area contributed by atoms with Crippen LogP contribution in [0.2, 0.25) is 0 Å². The van der Waals surface area contributed by atoms with Gasteiger partial charge in [-0.3, -0.25) is 4.79 Å².